The van der Waals surface area contributed by atoms with Crippen LogP contribution in [0.2, 0.25) is 0 Å². The molecule has 0 radical (unpaired) electrons. The van der Waals surface area contributed by atoms with Crippen LogP contribution in [0.25, 0.3) is 11.4 Å². The van der Waals surface area contributed by atoms with Gasteiger partial charge in [0.25, 0.3) is 0 Å². The van der Waals surface area contributed by atoms with Gasteiger partial charge in [0.15, 0.2) is 0 Å². The lowest BCUT2D eigenvalue weighted by atomic mass is 10.0. The van der Waals surface area contributed by atoms with Crippen LogP contribution in [0.5, 0.6) is 0 Å². The van der Waals surface area contributed by atoms with Crippen LogP contribution in [-0.2, 0) is 21.2 Å². The smallest absolute Gasteiger partial charge is 0.243 e. The van der Waals surface area contributed by atoms with Gasteiger partial charge in [-0.25, -0.2) is 8.42 Å². The number of carbonyl (C=O) groups is 1. The van der Waals surface area contributed by atoms with Crippen LogP contribution >= 0.6 is 0 Å². The number of aromatic nitrogens is 2. The van der Waals surface area contributed by atoms with Gasteiger partial charge in [-0.3, -0.25) is 4.79 Å². The quantitative estimate of drug-likeness (QED) is 0.533. The highest BCUT2D eigenvalue weighted by molar-refractivity contribution is 7.89. The molecule has 174 valence electrons. The molecule has 0 aliphatic carbocycles. The Morgan fingerprint density at radius 2 is 1.79 bits per heavy atom. The molecule has 4 rings (SSSR count). The minimum atomic E-state index is -3.50. The predicted octanol–water partition coefficient (Wildman–Crippen LogP) is 4.12. The van der Waals surface area contributed by atoms with E-state index in [2.05, 4.69) is 22.4 Å². The topological polar surface area (TPSA) is 105 Å². The molecule has 8 nitrogen and oxygen atoms in total. The molecule has 1 aromatic heterocycles. The Balaban J connectivity index is 1.26. The molecular weight excluding hydrogens is 440 g/mol. The molecule has 9 heteroatoms. The van der Waals surface area contributed by atoms with Gasteiger partial charge >= 0.3 is 0 Å². The largest absolute Gasteiger partial charge is 0.339 e. The molecule has 0 bridgehead atoms. The summed E-state index contributed by atoms with van der Waals surface area (Å²) in [4.78, 5) is 16.9. The van der Waals surface area contributed by atoms with E-state index in [4.69, 9.17) is 4.52 Å². The molecule has 3 aromatic rings. The van der Waals surface area contributed by atoms with Gasteiger partial charge in [0.1, 0.15) is 0 Å². The SMILES string of the molecule is CC1CCN(S(=O)(=O)c2ccc(NC(=O)CCCc3nc(-c4ccccc4)no3)cc2)CC1. The first-order valence-corrected chi connectivity index (χ1v) is 12.6. The van der Waals surface area contributed by atoms with Crippen molar-refractivity contribution in [2.75, 3.05) is 18.4 Å². The molecule has 1 N–H and O–H groups in total. The molecule has 1 amide bonds. The number of hydrogen-bond donors (Lipinski definition) is 1. The standard InChI is InChI=1S/C24H28N4O4S/c1-18-14-16-28(17-15-18)33(30,31)21-12-10-20(11-13-21)25-22(29)8-5-9-23-26-24(27-32-23)19-6-3-2-4-7-19/h2-4,6-7,10-13,18H,5,8-9,14-17H2,1H3,(H,25,29). The molecule has 2 aromatic carbocycles. The number of rotatable bonds is 8. The van der Waals surface area contributed by atoms with Crippen LogP contribution in [0.15, 0.2) is 64.0 Å². The molecule has 0 saturated carbocycles. The zero-order chi connectivity index (χ0) is 23.3. The Hall–Kier alpha value is -3.04. The fourth-order valence-corrected chi connectivity index (χ4v) is 5.24. The van der Waals surface area contributed by atoms with Gasteiger partial charge in [-0.15, -0.1) is 0 Å². The first-order valence-electron chi connectivity index (χ1n) is 11.2. The number of benzene rings is 2. The summed E-state index contributed by atoms with van der Waals surface area (Å²) in [5, 5.41) is 6.79. The summed E-state index contributed by atoms with van der Waals surface area (Å²) in [5.74, 6) is 1.42. The van der Waals surface area contributed by atoms with Gasteiger partial charge in [-0.1, -0.05) is 42.4 Å². The lowest BCUT2D eigenvalue weighted by Gasteiger charge is -2.29. The maximum Gasteiger partial charge on any atom is 0.243 e. The Morgan fingerprint density at radius 3 is 2.48 bits per heavy atom. The third-order valence-electron chi connectivity index (χ3n) is 5.81. The minimum absolute atomic E-state index is 0.154. The van der Waals surface area contributed by atoms with Crippen LogP contribution in [0.1, 0.15) is 38.5 Å². The fourth-order valence-electron chi connectivity index (χ4n) is 3.77. The fraction of sp³-hybridized carbons (Fsp3) is 0.375. The molecule has 0 unspecified atom stereocenters. The Kier molecular flexibility index (Phi) is 7.20. The van der Waals surface area contributed by atoms with Crippen molar-refractivity contribution in [3.63, 3.8) is 0 Å². The Morgan fingerprint density at radius 1 is 1.09 bits per heavy atom. The average molecular weight is 469 g/mol. The highest BCUT2D eigenvalue weighted by atomic mass is 32.2. The number of carbonyl (C=O) groups excluding carboxylic acids is 1. The highest BCUT2D eigenvalue weighted by Crippen LogP contribution is 2.24. The van der Waals surface area contributed by atoms with Crippen molar-refractivity contribution in [3.8, 4) is 11.4 Å². The summed E-state index contributed by atoms with van der Waals surface area (Å²) >= 11 is 0. The summed E-state index contributed by atoms with van der Waals surface area (Å²) < 4.78 is 32.4. The first kappa shape index (κ1) is 23.1. The average Bonchev–Trinajstić information content (AvgIpc) is 3.29. The lowest BCUT2D eigenvalue weighted by Crippen LogP contribution is -2.37. The number of anilines is 1. The van der Waals surface area contributed by atoms with Crippen LogP contribution in [0.4, 0.5) is 5.69 Å². The second-order valence-electron chi connectivity index (χ2n) is 8.39. The lowest BCUT2D eigenvalue weighted by molar-refractivity contribution is -0.116. The predicted molar refractivity (Wildman–Crippen MR) is 125 cm³/mol. The molecule has 0 atom stereocenters. The van der Waals surface area contributed by atoms with Crippen LogP contribution in [0, 0.1) is 5.92 Å². The molecule has 2 heterocycles. The third-order valence-corrected chi connectivity index (χ3v) is 7.73. The van der Waals surface area contributed by atoms with Crippen molar-refractivity contribution in [2.45, 2.75) is 43.9 Å². The Bertz CT molecular complexity index is 1170. The van der Waals surface area contributed by atoms with Crippen molar-refractivity contribution in [1.82, 2.24) is 14.4 Å². The summed E-state index contributed by atoms with van der Waals surface area (Å²) in [6.45, 7) is 3.25. The van der Waals surface area contributed by atoms with Crippen molar-refractivity contribution in [3.05, 3.63) is 60.5 Å². The van der Waals surface area contributed by atoms with E-state index in [0.717, 1.165) is 18.4 Å². The van der Waals surface area contributed by atoms with Crippen LogP contribution < -0.4 is 5.32 Å². The number of nitrogens with zero attached hydrogens (tertiary/aromatic N) is 3. The maximum atomic E-state index is 12.8. The molecule has 1 aliphatic heterocycles. The number of aryl methyl sites for hydroxylation is 1. The summed E-state index contributed by atoms with van der Waals surface area (Å²) in [6.07, 6.45) is 3.10. The normalized spacial score (nSPS) is 15.4. The van der Waals surface area contributed by atoms with E-state index in [0.29, 0.717) is 49.3 Å². The molecular formula is C24H28N4O4S. The second kappa shape index (κ2) is 10.3. The van der Waals surface area contributed by atoms with Gasteiger partial charge in [-0.05, 0) is 49.4 Å². The van der Waals surface area contributed by atoms with E-state index < -0.39 is 10.0 Å². The number of nitrogens with one attached hydrogen (secondary N) is 1. The van der Waals surface area contributed by atoms with E-state index in [1.165, 1.54) is 0 Å². The van der Waals surface area contributed by atoms with Gasteiger partial charge in [0.2, 0.25) is 27.6 Å². The highest BCUT2D eigenvalue weighted by Gasteiger charge is 2.27. The first-order chi connectivity index (χ1) is 15.9. The molecule has 1 fully saturated rings. The number of amides is 1. The number of hydrogen-bond acceptors (Lipinski definition) is 6. The van der Waals surface area contributed by atoms with Crippen LogP contribution in [-0.4, -0.2) is 41.9 Å². The monoisotopic (exact) mass is 468 g/mol. The Labute approximate surface area is 194 Å². The summed E-state index contributed by atoms with van der Waals surface area (Å²) in [7, 11) is -3.50. The van der Waals surface area contributed by atoms with Gasteiger partial charge in [-0.2, -0.15) is 9.29 Å². The zero-order valence-corrected chi connectivity index (χ0v) is 19.4. The van der Waals surface area contributed by atoms with Crippen molar-refractivity contribution < 1.29 is 17.7 Å². The van der Waals surface area contributed by atoms with Crippen molar-refractivity contribution in [1.29, 1.82) is 0 Å². The van der Waals surface area contributed by atoms with Gasteiger partial charge in [0, 0.05) is 37.2 Å². The van der Waals surface area contributed by atoms with Crippen molar-refractivity contribution >= 4 is 21.6 Å². The molecule has 33 heavy (non-hydrogen) atoms. The number of piperidine rings is 1. The van der Waals surface area contributed by atoms with E-state index in [-0.39, 0.29) is 17.2 Å². The van der Waals surface area contributed by atoms with Crippen LogP contribution in [0.3, 0.4) is 0 Å². The minimum Gasteiger partial charge on any atom is -0.339 e. The molecule has 0 spiro atoms. The molecule has 1 saturated heterocycles. The van der Waals surface area contributed by atoms with E-state index in [9.17, 15) is 13.2 Å². The summed E-state index contributed by atoms with van der Waals surface area (Å²) in [5.41, 5.74) is 1.45. The number of sulfonamides is 1. The van der Waals surface area contributed by atoms with Gasteiger partial charge in [0.05, 0.1) is 4.90 Å². The van der Waals surface area contributed by atoms with Crippen molar-refractivity contribution in [2.24, 2.45) is 5.92 Å². The van der Waals surface area contributed by atoms with E-state index in [1.807, 2.05) is 30.3 Å². The van der Waals surface area contributed by atoms with E-state index in [1.54, 1.807) is 28.6 Å². The van der Waals surface area contributed by atoms with E-state index >= 15 is 0 Å². The second-order valence-corrected chi connectivity index (χ2v) is 10.3. The van der Waals surface area contributed by atoms with Gasteiger partial charge < -0.3 is 9.84 Å². The zero-order valence-electron chi connectivity index (χ0n) is 18.6. The maximum absolute atomic E-state index is 12.8. The third kappa shape index (κ3) is 5.85. The molecule has 1 aliphatic rings. The summed E-state index contributed by atoms with van der Waals surface area (Å²) in [6, 6.07) is 15.9.